The summed E-state index contributed by atoms with van der Waals surface area (Å²) in [5, 5.41) is 7.07. The first-order valence-corrected chi connectivity index (χ1v) is 10.3. The maximum atomic E-state index is 13.8. The molecule has 3 rings (SSSR count). The third kappa shape index (κ3) is 4.22. The van der Waals surface area contributed by atoms with Crippen LogP contribution in [0.1, 0.15) is 32.1 Å². The van der Waals surface area contributed by atoms with E-state index in [2.05, 4.69) is 15.6 Å². The molecule has 1 aromatic carbocycles. The zero-order valence-corrected chi connectivity index (χ0v) is 18.6. The Morgan fingerprint density at radius 1 is 1.21 bits per heavy atom. The Kier molecular flexibility index (Phi) is 6.13. The van der Waals surface area contributed by atoms with Gasteiger partial charge in [-0.1, -0.05) is 0 Å². The van der Waals surface area contributed by atoms with Crippen LogP contribution in [-0.4, -0.2) is 27.1 Å². The van der Waals surface area contributed by atoms with Crippen LogP contribution in [0.3, 0.4) is 0 Å². The first-order valence-electron chi connectivity index (χ1n) is 8.38. The van der Waals surface area contributed by atoms with Crippen molar-refractivity contribution in [3.63, 3.8) is 0 Å². The van der Waals surface area contributed by atoms with Gasteiger partial charge >= 0.3 is 0 Å². The fourth-order valence-electron chi connectivity index (χ4n) is 2.95. The van der Waals surface area contributed by atoms with Crippen LogP contribution in [0.2, 0.25) is 0 Å². The summed E-state index contributed by atoms with van der Waals surface area (Å²) < 4.78 is 15.7. The van der Waals surface area contributed by atoms with Crippen molar-refractivity contribution in [3.8, 4) is 0 Å². The van der Waals surface area contributed by atoms with E-state index in [0.717, 1.165) is 0 Å². The summed E-state index contributed by atoms with van der Waals surface area (Å²) in [6, 6.07) is 4.35. The molecule has 0 saturated heterocycles. The van der Waals surface area contributed by atoms with E-state index < -0.39 is 23.4 Å². The van der Waals surface area contributed by atoms with Crippen LogP contribution in [0.25, 0.3) is 0 Å². The first kappa shape index (κ1) is 21.1. The number of anilines is 2. The summed E-state index contributed by atoms with van der Waals surface area (Å²) in [6.07, 6.45) is 1.51. The zero-order valence-electron chi connectivity index (χ0n) is 15.7. The van der Waals surface area contributed by atoms with Crippen molar-refractivity contribution < 1.29 is 18.8 Å². The lowest BCUT2D eigenvalue weighted by Gasteiger charge is -2.08. The smallest absolute Gasteiger partial charge is 0.298 e. The number of carbonyl (C=O) groups excluding carboxylic acids is 3. The van der Waals surface area contributed by atoms with E-state index in [9.17, 15) is 18.8 Å². The highest BCUT2D eigenvalue weighted by Crippen LogP contribution is 2.24. The lowest BCUT2D eigenvalue weighted by molar-refractivity contribution is -0.112. The molecule has 10 heteroatoms. The number of nitrogens with zero attached hydrogens (tertiary/aromatic N) is 2. The number of thiazole rings is 1. The number of aromatic nitrogens is 2. The predicted octanol–water partition coefficient (Wildman–Crippen LogP) is 3.92. The quantitative estimate of drug-likeness (QED) is 0.300. The second kappa shape index (κ2) is 8.41. The van der Waals surface area contributed by atoms with Gasteiger partial charge in [0.15, 0.2) is 5.13 Å². The van der Waals surface area contributed by atoms with E-state index in [1.54, 1.807) is 38.4 Å². The average molecular weight is 526 g/mol. The molecule has 0 atom stereocenters. The molecule has 0 unspecified atom stereocenters. The van der Waals surface area contributed by atoms with E-state index in [1.165, 1.54) is 28.2 Å². The number of amides is 2. The number of carbonyl (C=O) groups is 3. The number of Topliss-reactive ketones (excluding diaryl/α,β-unsaturated/α-hetero) is 1. The molecule has 0 bridgehead atoms. The Labute approximate surface area is 183 Å². The van der Waals surface area contributed by atoms with Crippen molar-refractivity contribution in [2.75, 3.05) is 10.6 Å². The third-order valence-electron chi connectivity index (χ3n) is 4.41. The van der Waals surface area contributed by atoms with Gasteiger partial charge < -0.3 is 9.88 Å². The van der Waals surface area contributed by atoms with Crippen LogP contribution in [-0.2, 0) is 11.8 Å². The van der Waals surface area contributed by atoms with Gasteiger partial charge in [-0.25, -0.2) is 9.37 Å². The van der Waals surface area contributed by atoms with E-state index in [4.69, 9.17) is 0 Å². The van der Waals surface area contributed by atoms with Gasteiger partial charge in [-0.05, 0) is 60.2 Å². The Morgan fingerprint density at radius 3 is 2.55 bits per heavy atom. The molecule has 150 valence electrons. The molecule has 0 aliphatic carbocycles. The summed E-state index contributed by atoms with van der Waals surface area (Å²) in [4.78, 5) is 41.7. The second-order valence-corrected chi connectivity index (χ2v) is 8.25. The van der Waals surface area contributed by atoms with E-state index in [1.807, 2.05) is 22.6 Å². The summed E-state index contributed by atoms with van der Waals surface area (Å²) in [5.74, 6) is -2.54. The molecule has 0 saturated carbocycles. The fourth-order valence-corrected chi connectivity index (χ4v) is 3.81. The Hall–Kier alpha value is -2.60. The molecule has 7 nitrogen and oxygen atoms in total. The SMILES string of the molecule is Cc1c(C(=O)C(=O)Nc2nccs2)c(C)n(C)c1C(=O)Nc1ccc(I)c(F)c1. The Morgan fingerprint density at radius 2 is 1.93 bits per heavy atom. The highest BCUT2D eigenvalue weighted by molar-refractivity contribution is 14.1. The van der Waals surface area contributed by atoms with Gasteiger partial charge in [-0.3, -0.25) is 19.7 Å². The molecule has 2 aromatic heterocycles. The van der Waals surface area contributed by atoms with Crippen molar-refractivity contribution >= 4 is 62.3 Å². The summed E-state index contributed by atoms with van der Waals surface area (Å²) >= 11 is 3.05. The highest BCUT2D eigenvalue weighted by Gasteiger charge is 2.29. The zero-order chi connectivity index (χ0) is 21.3. The molecule has 0 aliphatic heterocycles. The lowest BCUT2D eigenvalue weighted by atomic mass is 10.0. The maximum Gasteiger partial charge on any atom is 0.298 e. The summed E-state index contributed by atoms with van der Waals surface area (Å²) in [6.45, 7) is 3.25. The average Bonchev–Trinajstić information content (AvgIpc) is 3.24. The maximum absolute atomic E-state index is 13.8. The third-order valence-corrected chi connectivity index (χ3v) is 5.97. The molecule has 2 N–H and O–H groups in total. The number of rotatable bonds is 5. The van der Waals surface area contributed by atoms with Crippen molar-refractivity contribution in [2.45, 2.75) is 13.8 Å². The summed E-state index contributed by atoms with van der Waals surface area (Å²) in [5.41, 5.74) is 1.50. The fraction of sp³-hybridized carbons (Fsp3) is 0.158. The van der Waals surface area contributed by atoms with Crippen molar-refractivity contribution in [2.24, 2.45) is 7.05 Å². The Balaban J connectivity index is 1.89. The minimum atomic E-state index is -0.830. The highest BCUT2D eigenvalue weighted by atomic mass is 127. The van der Waals surface area contributed by atoms with Gasteiger partial charge in [0.1, 0.15) is 11.5 Å². The van der Waals surface area contributed by atoms with Crippen LogP contribution >= 0.6 is 33.9 Å². The molecule has 0 fully saturated rings. The van der Waals surface area contributed by atoms with Crippen LogP contribution in [0.5, 0.6) is 0 Å². The predicted molar refractivity (Wildman–Crippen MR) is 117 cm³/mol. The van der Waals surface area contributed by atoms with Crippen molar-refractivity contribution in [3.05, 3.63) is 61.7 Å². The molecule has 3 aromatic rings. The summed E-state index contributed by atoms with van der Waals surface area (Å²) in [7, 11) is 1.63. The molecule has 0 aliphatic rings. The van der Waals surface area contributed by atoms with Gasteiger partial charge in [-0.15, -0.1) is 11.3 Å². The molecule has 0 radical (unpaired) electrons. The van der Waals surface area contributed by atoms with Gasteiger partial charge in [0.25, 0.3) is 17.6 Å². The van der Waals surface area contributed by atoms with Crippen LogP contribution in [0, 0.1) is 23.2 Å². The van der Waals surface area contributed by atoms with Gasteiger partial charge in [-0.2, -0.15) is 0 Å². The molecule has 29 heavy (non-hydrogen) atoms. The molecular formula is C19H16FIN4O3S. The van der Waals surface area contributed by atoms with Crippen LogP contribution < -0.4 is 10.6 Å². The van der Waals surface area contributed by atoms with Gasteiger partial charge in [0.05, 0.1) is 5.56 Å². The van der Waals surface area contributed by atoms with Crippen LogP contribution in [0.4, 0.5) is 15.2 Å². The minimum Gasteiger partial charge on any atom is -0.343 e. The largest absolute Gasteiger partial charge is 0.343 e. The van der Waals surface area contributed by atoms with Gasteiger partial charge in [0, 0.05) is 33.6 Å². The minimum absolute atomic E-state index is 0.153. The number of hydrogen-bond acceptors (Lipinski definition) is 5. The first-order chi connectivity index (χ1) is 13.7. The number of halogens is 2. The Bertz CT molecular complexity index is 1130. The topological polar surface area (TPSA) is 93.1 Å². The second-order valence-electron chi connectivity index (χ2n) is 6.20. The van der Waals surface area contributed by atoms with Crippen LogP contribution in [0.15, 0.2) is 29.8 Å². The van der Waals surface area contributed by atoms with Crippen molar-refractivity contribution in [1.29, 1.82) is 0 Å². The van der Waals surface area contributed by atoms with Crippen molar-refractivity contribution in [1.82, 2.24) is 9.55 Å². The van der Waals surface area contributed by atoms with E-state index >= 15 is 0 Å². The molecule has 0 spiro atoms. The normalized spacial score (nSPS) is 10.7. The number of ketones is 1. The number of hydrogen-bond donors (Lipinski definition) is 2. The van der Waals surface area contributed by atoms with Gasteiger partial charge in [0.2, 0.25) is 0 Å². The molecule has 2 amide bonds. The number of nitrogens with one attached hydrogen (secondary N) is 2. The number of benzene rings is 1. The standard InChI is InChI=1S/C19H16FIN4O3S/c1-9-14(16(26)18(28)24-19-22-6-7-29-19)10(2)25(3)15(9)17(27)23-11-4-5-13(21)12(20)8-11/h4-8H,1-3H3,(H,23,27)(H,22,24,28). The van der Waals surface area contributed by atoms with E-state index in [0.29, 0.717) is 25.6 Å². The van der Waals surface area contributed by atoms with E-state index in [-0.39, 0.29) is 11.3 Å². The molecular weight excluding hydrogens is 510 g/mol. The monoisotopic (exact) mass is 526 g/mol. The lowest BCUT2D eigenvalue weighted by Crippen LogP contribution is -2.24. The molecule has 2 heterocycles.